The quantitative estimate of drug-likeness (QED) is 0.562. The van der Waals surface area contributed by atoms with Crippen LogP contribution in [0.2, 0.25) is 0 Å². The second kappa shape index (κ2) is 6.83. The van der Waals surface area contributed by atoms with E-state index < -0.39 is 0 Å². The molecule has 8 nitrogen and oxygen atoms in total. The number of H-pyrrole nitrogens is 1. The minimum atomic E-state index is -0.343. The average molecular weight is 364 g/mol. The summed E-state index contributed by atoms with van der Waals surface area (Å²) < 4.78 is 16.1. The lowest BCUT2D eigenvalue weighted by Crippen LogP contribution is -2.11. The van der Waals surface area contributed by atoms with E-state index in [1.807, 2.05) is 24.3 Å². The van der Waals surface area contributed by atoms with Crippen LogP contribution in [0.4, 0.5) is 6.01 Å². The Morgan fingerprint density at radius 1 is 1.11 bits per heavy atom. The third-order valence-electron chi connectivity index (χ3n) is 4.12. The Bertz CT molecular complexity index is 1120. The highest BCUT2D eigenvalue weighted by Crippen LogP contribution is 2.33. The van der Waals surface area contributed by atoms with E-state index in [0.717, 1.165) is 10.9 Å². The molecule has 2 heterocycles. The lowest BCUT2D eigenvalue weighted by atomic mass is 10.1. The molecule has 2 N–H and O–H groups in total. The van der Waals surface area contributed by atoms with Crippen LogP contribution in [0, 0.1) is 0 Å². The summed E-state index contributed by atoms with van der Waals surface area (Å²) in [5.41, 5.74) is 1.96. The lowest BCUT2D eigenvalue weighted by Gasteiger charge is -2.07. The number of nitrogens with one attached hydrogen (secondary N) is 2. The molecular formula is C19H16N4O4. The lowest BCUT2D eigenvalue weighted by molar-refractivity contribution is 0.102. The fourth-order valence-corrected chi connectivity index (χ4v) is 2.78. The number of hydrogen-bond acceptors (Lipinski definition) is 6. The summed E-state index contributed by atoms with van der Waals surface area (Å²) in [6, 6.07) is 12.7. The third-order valence-corrected chi connectivity index (χ3v) is 4.12. The molecule has 0 fully saturated rings. The van der Waals surface area contributed by atoms with Crippen molar-refractivity contribution in [2.45, 2.75) is 0 Å². The highest BCUT2D eigenvalue weighted by Gasteiger charge is 2.18. The number of aromatic nitrogens is 3. The number of nitrogens with zero attached hydrogens (tertiary/aromatic N) is 2. The zero-order chi connectivity index (χ0) is 18.8. The number of para-hydroxylation sites is 1. The van der Waals surface area contributed by atoms with Gasteiger partial charge >= 0.3 is 6.01 Å². The summed E-state index contributed by atoms with van der Waals surface area (Å²) in [7, 11) is 3.10. The first kappa shape index (κ1) is 16.6. The molecule has 4 rings (SSSR count). The van der Waals surface area contributed by atoms with Crippen LogP contribution in [0.15, 0.2) is 53.1 Å². The fourth-order valence-electron chi connectivity index (χ4n) is 2.78. The molecule has 0 saturated carbocycles. The first-order valence-corrected chi connectivity index (χ1v) is 8.13. The zero-order valence-corrected chi connectivity index (χ0v) is 14.6. The van der Waals surface area contributed by atoms with Crippen LogP contribution in [-0.4, -0.2) is 35.3 Å². The van der Waals surface area contributed by atoms with Gasteiger partial charge in [-0.1, -0.05) is 23.3 Å². The van der Waals surface area contributed by atoms with Crippen molar-refractivity contribution in [1.82, 2.24) is 15.2 Å². The largest absolute Gasteiger partial charge is 0.497 e. The van der Waals surface area contributed by atoms with Gasteiger partial charge < -0.3 is 18.9 Å². The van der Waals surface area contributed by atoms with E-state index in [4.69, 9.17) is 13.9 Å². The minimum Gasteiger partial charge on any atom is -0.497 e. The molecule has 0 unspecified atom stereocenters. The minimum absolute atomic E-state index is 0.00171. The standard InChI is InChI=1S/C19H16N4O4/c1-25-11-7-8-13(16(9-11)26-2)18-22-23-19(27-18)21-17(24)14-10-20-15-6-4-3-5-12(14)15/h3-10,20H,1-2H3,(H,21,23,24). The van der Waals surface area contributed by atoms with Crippen molar-refractivity contribution < 1.29 is 18.7 Å². The van der Waals surface area contributed by atoms with Crippen LogP contribution in [0.5, 0.6) is 11.5 Å². The van der Waals surface area contributed by atoms with Gasteiger partial charge in [0.2, 0.25) is 0 Å². The second-order valence-corrected chi connectivity index (χ2v) is 5.68. The molecule has 27 heavy (non-hydrogen) atoms. The van der Waals surface area contributed by atoms with Crippen LogP contribution in [0.3, 0.4) is 0 Å². The zero-order valence-electron chi connectivity index (χ0n) is 14.6. The fraction of sp³-hybridized carbons (Fsp3) is 0.105. The number of ether oxygens (including phenoxy) is 2. The third kappa shape index (κ3) is 3.08. The molecule has 0 spiro atoms. The van der Waals surface area contributed by atoms with Crippen LogP contribution in [0.25, 0.3) is 22.4 Å². The number of hydrogen-bond donors (Lipinski definition) is 2. The average Bonchev–Trinajstić information content (AvgIpc) is 3.34. The molecule has 2 aromatic heterocycles. The number of aromatic amines is 1. The van der Waals surface area contributed by atoms with Crippen molar-refractivity contribution in [2.24, 2.45) is 0 Å². The Morgan fingerprint density at radius 2 is 1.96 bits per heavy atom. The van der Waals surface area contributed by atoms with Crippen LogP contribution in [-0.2, 0) is 0 Å². The highest BCUT2D eigenvalue weighted by molar-refractivity contribution is 6.12. The Morgan fingerprint density at radius 3 is 2.78 bits per heavy atom. The van der Waals surface area contributed by atoms with Gasteiger partial charge in [0, 0.05) is 23.2 Å². The molecule has 136 valence electrons. The molecule has 0 aliphatic rings. The van der Waals surface area contributed by atoms with Gasteiger partial charge in [0.05, 0.1) is 25.3 Å². The summed E-state index contributed by atoms with van der Waals surface area (Å²) in [5.74, 6) is 1.04. The Balaban J connectivity index is 1.59. The van der Waals surface area contributed by atoms with Crippen molar-refractivity contribution in [3.8, 4) is 23.0 Å². The van der Waals surface area contributed by atoms with Crippen molar-refractivity contribution >= 4 is 22.8 Å². The normalized spacial score (nSPS) is 10.7. The van der Waals surface area contributed by atoms with Gasteiger partial charge in [-0.25, -0.2) is 0 Å². The van der Waals surface area contributed by atoms with E-state index in [9.17, 15) is 4.79 Å². The summed E-state index contributed by atoms with van der Waals surface area (Å²) in [6.07, 6.45) is 1.64. The Labute approximate surface area is 154 Å². The topological polar surface area (TPSA) is 102 Å². The molecule has 4 aromatic rings. The van der Waals surface area contributed by atoms with Gasteiger partial charge in [0.1, 0.15) is 11.5 Å². The van der Waals surface area contributed by atoms with Crippen LogP contribution < -0.4 is 14.8 Å². The number of fused-ring (bicyclic) bond motifs is 1. The molecule has 0 atom stereocenters. The second-order valence-electron chi connectivity index (χ2n) is 5.68. The summed E-state index contributed by atoms with van der Waals surface area (Å²) in [6.45, 7) is 0. The van der Waals surface area contributed by atoms with E-state index in [-0.39, 0.29) is 17.8 Å². The van der Waals surface area contributed by atoms with Gasteiger partial charge in [0.15, 0.2) is 0 Å². The van der Waals surface area contributed by atoms with E-state index in [0.29, 0.717) is 22.6 Å². The maximum absolute atomic E-state index is 12.5. The van der Waals surface area contributed by atoms with Gasteiger partial charge in [0.25, 0.3) is 11.8 Å². The number of anilines is 1. The molecule has 8 heteroatoms. The number of benzene rings is 2. The number of carbonyl (C=O) groups is 1. The summed E-state index contributed by atoms with van der Waals surface area (Å²) in [4.78, 5) is 15.6. The Hall–Kier alpha value is -3.81. The molecular weight excluding hydrogens is 348 g/mol. The van der Waals surface area contributed by atoms with E-state index in [2.05, 4.69) is 20.5 Å². The molecule has 1 amide bonds. The van der Waals surface area contributed by atoms with Gasteiger partial charge in [-0.05, 0) is 18.2 Å². The monoisotopic (exact) mass is 364 g/mol. The van der Waals surface area contributed by atoms with Gasteiger partial charge in [-0.3, -0.25) is 10.1 Å². The maximum atomic E-state index is 12.5. The molecule has 0 aliphatic heterocycles. The number of carbonyl (C=O) groups excluding carboxylic acids is 1. The predicted molar refractivity (Wildman–Crippen MR) is 99.1 cm³/mol. The Kier molecular flexibility index (Phi) is 4.21. The maximum Gasteiger partial charge on any atom is 0.322 e. The number of amides is 1. The van der Waals surface area contributed by atoms with Gasteiger partial charge in [-0.2, -0.15) is 0 Å². The van der Waals surface area contributed by atoms with Gasteiger partial charge in [-0.15, -0.1) is 5.10 Å². The highest BCUT2D eigenvalue weighted by atomic mass is 16.5. The van der Waals surface area contributed by atoms with E-state index in [1.165, 1.54) is 7.11 Å². The SMILES string of the molecule is COc1ccc(-c2nnc(NC(=O)c3c[nH]c4ccccc34)o2)c(OC)c1. The van der Waals surface area contributed by atoms with Crippen molar-refractivity contribution in [2.75, 3.05) is 19.5 Å². The number of methoxy groups -OCH3 is 2. The first-order valence-electron chi connectivity index (χ1n) is 8.13. The van der Waals surface area contributed by atoms with E-state index >= 15 is 0 Å². The summed E-state index contributed by atoms with van der Waals surface area (Å²) in [5, 5.41) is 11.3. The molecule has 0 aliphatic carbocycles. The summed E-state index contributed by atoms with van der Waals surface area (Å²) >= 11 is 0. The molecule has 2 aromatic carbocycles. The van der Waals surface area contributed by atoms with Crippen molar-refractivity contribution in [1.29, 1.82) is 0 Å². The first-order chi connectivity index (χ1) is 13.2. The predicted octanol–water partition coefficient (Wildman–Crippen LogP) is 3.49. The smallest absolute Gasteiger partial charge is 0.322 e. The molecule has 0 saturated heterocycles. The van der Waals surface area contributed by atoms with E-state index in [1.54, 1.807) is 31.5 Å². The molecule has 0 radical (unpaired) electrons. The molecule has 0 bridgehead atoms. The number of rotatable bonds is 5. The van der Waals surface area contributed by atoms with Crippen LogP contribution >= 0.6 is 0 Å². The van der Waals surface area contributed by atoms with Crippen molar-refractivity contribution in [3.63, 3.8) is 0 Å². The van der Waals surface area contributed by atoms with Crippen LogP contribution in [0.1, 0.15) is 10.4 Å². The van der Waals surface area contributed by atoms with Crippen molar-refractivity contribution in [3.05, 3.63) is 54.2 Å².